The van der Waals surface area contributed by atoms with Crippen LogP contribution >= 0.6 is 0 Å². The van der Waals surface area contributed by atoms with Gasteiger partial charge in [0.1, 0.15) is 0 Å². The van der Waals surface area contributed by atoms with Gasteiger partial charge in [-0.3, -0.25) is 21.2 Å². The second kappa shape index (κ2) is 6.20. The van der Waals surface area contributed by atoms with Gasteiger partial charge in [0.05, 0.1) is 0 Å². The zero-order chi connectivity index (χ0) is 13.8. The maximum Gasteiger partial charge on any atom is 0.0450 e. The summed E-state index contributed by atoms with van der Waals surface area (Å²) in [5.74, 6) is 5.95. The van der Waals surface area contributed by atoms with Crippen LogP contribution in [-0.2, 0) is 6.42 Å². The van der Waals surface area contributed by atoms with E-state index in [4.69, 9.17) is 5.84 Å². The molecule has 2 fully saturated rings. The summed E-state index contributed by atoms with van der Waals surface area (Å²) < 4.78 is 0. The molecule has 0 aromatic carbocycles. The molecule has 4 nitrogen and oxygen atoms in total. The van der Waals surface area contributed by atoms with Gasteiger partial charge < -0.3 is 0 Å². The predicted molar refractivity (Wildman–Crippen MR) is 81.1 cm³/mol. The molecule has 0 amide bonds. The summed E-state index contributed by atoms with van der Waals surface area (Å²) in [5.41, 5.74) is 4.52. The topological polar surface area (TPSA) is 54.2 Å². The minimum Gasteiger partial charge on any atom is -0.296 e. The molecule has 1 aliphatic carbocycles. The van der Waals surface area contributed by atoms with Gasteiger partial charge in [0, 0.05) is 29.9 Å². The third kappa shape index (κ3) is 2.60. The van der Waals surface area contributed by atoms with Crippen LogP contribution in [0.2, 0.25) is 0 Å². The molecule has 1 aromatic rings. The first-order chi connectivity index (χ1) is 9.85. The lowest BCUT2D eigenvalue weighted by molar-refractivity contribution is 0.0762. The van der Waals surface area contributed by atoms with E-state index in [1.807, 2.05) is 12.3 Å². The first-order valence-electron chi connectivity index (χ1n) is 7.96. The largest absolute Gasteiger partial charge is 0.296 e. The van der Waals surface area contributed by atoms with Gasteiger partial charge in [0.2, 0.25) is 0 Å². The summed E-state index contributed by atoms with van der Waals surface area (Å²) in [5, 5.41) is 0. The Kier molecular flexibility index (Phi) is 4.34. The van der Waals surface area contributed by atoms with Crippen LogP contribution in [0.4, 0.5) is 0 Å². The van der Waals surface area contributed by atoms with Crippen molar-refractivity contribution in [2.45, 2.75) is 56.5 Å². The number of hydrogen-bond donors (Lipinski definition) is 2. The molecular weight excluding hydrogens is 248 g/mol. The quantitative estimate of drug-likeness (QED) is 0.636. The molecule has 110 valence electrons. The maximum absolute atomic E-state index is 5.95. The molecule has 1 aliphatic heterocycles. The number of aromatic nitrogens is 1. The van der Waals surface area contributed by atoms with Crippen LogP contribution < -0.4 is 11.3 Å². The van der Waals surface area contributed by atoms with E-state index in [2.05, 4.69) is 27.4 Å². The van der Waals surface area contributed by atoms with Gasteiger partial charge in [-0.2, -0.15) is 0 Å². The Balaban J connectivity index is 1.80. The van der Waals surface area contributed by atoms with Gasteiger partial charge in [-0.25, -0.2) is 0 Å². The number of rotatable bonds is 5. The van der Waals surface area contributed by atoms with E-state index in [-0.39, 0.29) is 5.54 Å². The van der Waals surface area contributed by atoms with Crippen LogP contribution in [0.25, 0.3) is 0 Å². The summed E-state index contributed by atoms with van der Waals surface area (Å²) in [6, 6.07) is 6.45. The van der Waals surface area contributed by atoms with Crippen molar-refractivity contribution in [2.75, 3.05) is 13.1 Å². The van der Waals surface area contributed by atoms with Crippen LogP contribution in [0, 0.1) is 0 Å². The van der Waals surface area contributed by atoms with Crippen molar-refractivity contribution < 1.29 is 0 Å². The number of hydrogen-bond acceptors (Lipinski definition) is 4. The molecule has 3 rings (SSSR count). The van der Waals surface area contributed by atoms with Crippen LogP contribution in [-0.4, -0.2) is 34.6 Å². The second-order valence-corrected chi connectivity index (χ2v) is 6.25. The molecule has 3 N–H and O–H groups in total. The van der Waals surface area contributed by atoms with Crippen LogP contribution in [0.15, 0.2) is 24.4 Å². The van der Waals surface area contributed by atoms with Crippen LogP contribution in [0.1, 0.15) is 44.2 Å². The van der Waals surface area contributed by atoms with Gasteiger partial charge in [-0.1, -0.05) is 18.9 Å². The number of nitrogens with two attached hydrogens (primary N) is 1. The Bertz CT molecular complexity index is 408. The van der Waals surface area contributed by atoms with Gasteiger partial charge in [-0.15, -0.1) is 0 Å². The molecule has 0 radical (unpaired) electrons. The minimum atomic E-state index is 0.253. The monoisotopic (exact) mass is 274 g/mol. The fraction of sp³-hybridized carbons (Fsp3) is 0.688. The summed E-state index contributed by atoms with van der Waals surface area (Å²) in [7, 11) is 0. The normalized spacial score (nSPS) is 24.1. The number of pyridine rings is 1. The van der Waals surface area contributed by atoms with E-state index in [0.717, 1.165) is 12.1 Å². The third-order valence-corrected chi connectivity index (χ3v) is 5.19. The molecule has 1 aromatic heterocycles. The number of nitrogens with one attached hydrogen (secondary N) is 1. The van der Waals surface area contributed by atoms with E-state index < -0.39 is 0 Å². The van der Waals surface area contributed by atoms with Gasteiger partial charge >= 0.3 is 0 Å². The molecule has 20 heavy (non-hydrogen) atoms. The van der Waals surface area contributed by atoms with E-state index in [0.29, 0.717) is 6.04 Å². The van der Waals surface area contributed by atoms with Crippen molar-refractivity contribution in [1.29, 1.82) is 0 Å². The Morgan fingerprint density at radius 3 is 2.55 bits per heavy atom. The Labute approximate surface area is 121 Å². The average Bonchev–Trinajstić information content (AvgIpc) is 3.17. The lowest BCUT2D eigenvalue weighted by Gasteiger charge is -2.44. The van der Waals surface area contributed by atoms with Crippen LogP contribution in [0.5, 0.6) is 0 Å². The van der Waals surface area contributed by atoms with Crippen molar-refractivity contribution in [3.63, 3.8) is 0 Å². The molecule has 0 spiro atoms. The fourth-order valence-electron chi connectivity index (χ4n) is 4.17. The summed E-state index contributed by atoms with van der Waals surface area (Å²) >= 11 is 0. The highest BCUT2D eigenvalue weighted by molar-refractivity contribution is 5.11. The lowest BCUT2D eigenvalue weighted by atomic mass is 9.84. The minimum absolute atomic E-state index is 0.253. The van der Waals surface area contributed by atoms with Crippen LogP contribution in [0.3, 0.4) is 0 Å². The van der Waals surface area contributed by atoms with Crippen molar-refractivity contribution in [2.24, 2.45) is 5.84 Å². The third-order valence-electron chi connectivity index (χ3n) is 5.19. The van der Waals surface area contributed by atoms with Crippen molar-refractivity contribution in [3.05, 3.63) is 30.1 Å². The zero-order valence-electron chi connectivity index (χ0n) is 12.2. The summed E-state index contributed by atoms with van der Waals surface area (Å²) in [6.45, 7) is 2.47. The van der Waals surface area contributed by atoms with E-state index in [1.54, 1.807) is 0 Å². The number of nitrogens with zero attached hydrogens (tertiary/aromatic N) is 2. The lowest BCUT2D eigenvalue weighted by Crippen LogP contribution is -2.61. The predicted octanol–water partition coefficient (Wildman–Crippen LogP) is 1.86. The molecule has 0 bridgehead atoms. The molecular formula is C16H26N4. The summed E-state index contributed by atoms with van der Waals surface area (Å²) in [4.78, 5) is 7.18. The highest BCUT2D eigenvalue weighted by Crippen LogP contribution is 2.40. The first kappa shape index (κ1) is 14.0. The van der Waals surface area contributed by atoms with Crippen molar-refractivity contribution in [1.82, 2.24) is 15.3 Å². The SMILES string of the molecule is NNC(Cc1ccccn1)C1(N2CCCC2)CCCC1. The average molecular weight is 274 g/mol. The van der Waals surface area contributed by atoms with E-state index in [1.165, 1.54) is 51.6 Å². The Morgan fingerprint density at radius 2 is 1.95 bits per heavy atom. The molecule has 1 saturated carbocycles. The smallest absolute Gasteiger partial charge is 0.0450 e. The van der Waals surface area contributed by atoms with Crippen molar-refractivity contribution >= 4 is 0 Å². The molecule has 1 atom stereocenters. The van der Waals surface area contributed by atoms with Crippen molar-refractivity contribution in [3.8, 4) is 0 Å². The van der Waals surface area contributed by atoms with Gasteiger partial charge in [0.25, 0.3) is 0 Å². The fourth-order valence-corrected chi connectivity index (χ4v) is 4.17. The van der Waals surface area contributed by atoms with Gasteiger partial charge in [0.15, 0.2) is 0 Å². The molecule has 2 aliphatic rings. The van der Waals surface area contributed by atoms with E-state index in [9.17, 15) is 0 Å². The Morgan fingerprint density at radius 1 is 1.20 bits per heavy atom. The second-order valence-electron chi connectivity index (χ2n) is 6.25. The number of likely N-dealkylation sites (tertiary alicyclic amines) is 1. The maximum atomic E-state index is 5.95. The Hall–Kier alpha value is -0.970. The highest BCUT2D eigenvalue weighted by atomic mass is 15.3. The zero-order valence-corrected chi connectivity index (χ0v) is 12.2. The highest BCUT2D eigenvalue weighted by Gasteiger charge is 2.46. The molecule has 2 heterocycles. The number of hydrazine groups is 1. The first-order valence-corrected chi connectivity index (χ1v) is 7.96. The van der Waals surface area contributed by atoms with E-state index >= 15 is 0 Å². The molecule has 4 heteroatoms. The summed E-state index contributed by atoms with van der Waals surface area (Å²) in [6.07, 6.45) is 10.7. The van der Waals surface area contributed by atoms with Gasteiger partial charge in [-0.05, 0) is 50.9 Å². The molecule has 1 saturated heterocycles. The standard InChI is InChI=1S/C16H26N4/c17-19-15(13-14-7-1-4-10-18-14)16(8-2-3-9-16)20-11-5-6-12-20/h1,4,7,10,15,19H,2-3,5-6,8-9,11-13,17H2. The molecule has 1 unspecified atom stereocenters.